The van der Waals surface area contributed by atoms with Gasteiger partial charge in [0.15, 0.2) is 0 Å². The van der Waals surface area contributed by atoms with Crippen molar-refractivity contribution in [3.63, 3.8) is 0 Å². The minimum absolute atomic E-state index is 0.318. The Labute approximate surface area is 125 Å². The predicted octanol–water partition coefficient (Wildman–Crippen LogP) is 3.16. The second kappa shape index (κ2) is 8.22. The van der Waals surface area contributed by atoms with E-state index >= 15 is 0 Å². The maximum absolute atomic E-state index is 9.60. The van der Waals surface area contributed by atoms with Gasteiger partial charge in [0.25, 0.3) is 6.47 Å². The highest BCUT2D eigenvalue weighted by atomic mass is 35.5. The monoisotopic (exact) mass is 298 g/mol. The summed E-state index contributed by atoms with van der Waals surface area (Å²) in [6.45, 7) is 8.11. The number of rotatable bonds is 2. The van der Waals surface area contributed by atoms with Crippen LogP contribution in [0.25, 0.3) is 0 Å². The van der Waals surface area contributed by atoms with Crippen LogP contribution < -0.4 is 5.32 Å². The van der Waals surface area contributed by atoms with E-state index in [4.69, 9.17) is 11.6 Å². The van der Waals surface area contributed by atoms with Crippen molar-refractivity contribution >= 4 is 18.1 Å². The van der Waals surface area contributed by atoms with Crippen LogP contribution in [0.4, 0.5) is 0 Å². The quantitative estimate of drug-likeness (QED) is 0.852. The zero-order valence-electron chi connectivity index (χ0n) is 12.4. The van der Waals surface area contributed by atoms with Gasteiger partial charge < -0.3 is 10.1 Å². The molecule has 5 heteroatoms. The number of aromatic nitrogens is 1. The highest BCUT2D eigenvalue weighted by Crippen LogP contribution is 2.24. The van der Waals surface area contributed by atoms with Gasteiger partial charge in [-0.05, 0) is 58.8 Å². The predicted molar refractivity (Wildman–Crippen MR) is 81.0 cm³/mol. The highest BCUT2D eigenvalue weighted by molar-refractivity contribution is 6.30. The van der Waals surface area contributed by atoms with Crippen molar-refractivity contribution in [3.8, 4) is 0 Å². The van der Waals surface area contributed by atoms with E-state index in [1.165, 1.54) is 12.8 Å². The molecule has 1 aliphatic heterocycles. The van der Waals surface area contributed by atoms with Crippen LogP contribution in [0.2, 0.25) is 5.02 Å². The van der Waals surface area contributed by atoms with Gasteiger partial charge in [0, 0.05) is 22.8 Å². The number of nitrogens with one attached hydrogen (secondary N) is 1. The molecule has 0 atom stereocenters. The molecule has 0 aromatic carbocycles. The number of carbonyl (C=O) groups excluding carboxylic acids is 1. The summed E-state index contributed by atoms with van der Waals surface area (Å²) in [5, 5.41) is 4.13. The Kier molecular flexibility index (Phi) is 6.96. The summed E-state index contributed by atoms with van der Waals surface area (Å²) >= 11 is 5.91. The lowest BCUT2D eigenvalue weighted by Crippen LogP contribution is -2.26. The van der Waals surface area contributed by atoms with Gasteiger partial charge in [-0.15, -0.1) is 0 Å². The zero-order valence-corrected chi connectivity index (χ0v) is 13.1. The number of hydrogen-bond acceptors (Lipinski definition) is 4. The number of halogens is 1. The molecule has 0 bridgehead atoms. The van der Waals surface area contributed by atoms with Crippen molar-refractivity contribution in [1.29, 1.82) is 0 Å². The van der Waals surface area contributed by atoms with Crippen molar-refractivity contribution in [2.24, 2.45) is 0 Å². The van der Waals surface area contributed by atoms with Crippen LogP contribution >= 0.6 is 11.6 Å². The van der Waals surface area contributed by atoms with Crippen molar-refractivity contribution in [3.05, 3.63) is 29.0 Å². The number of ether oxygens (including phenoxy) is 1. The molecular formula is C15H23ClN2O2. The number of carbonyl (C=O) groups is 1. The van der Waals surface area contributed by atoms with Gasteiger partial charge in [-0.1, -0.05) is 11.6 Å². The van der Waals surface area contributed by atoms with Gasteiger partial charge >= 0.3 is 0 Å². The minimum Gasteiger partial charge on any atom is -0.462 e. The molecule has 112 valence electrons. The van der Waals surface area contributed by atoms with Crippen LogP contribution in [-0.4, -0.2) is 30.1 Å². The summed E-state index contributed by atoms with van der Waals surface area (Å²) < 4.78 is 4.55. The molecule has 1 saturated heterocycles. The lowest BCUT2D eigenvalue weighted by Gasteiger charge is -2.21. The number of piperidine rings is 1. The third-order valence-corrected chi connectivity index (χ3v) is 3.14. The van der Waals surface area contributed by atoms with E-state index in [1.54, 1.807) is 6.20 Å². The van der Waals surface area contributed by atoms with Crippen LogP contribution in [0.3, 0.4) is 0 Å². The molecule has 1 aromatic heterocycles. The van der Waals surface area contributed by atoms with E-state index < -0.39 is 0 Å². The van der Waals surface area contributed by atoms with Crippen LogP contribution in [0.1, 0.15) is 45.2 Å². The van der Waals surface area contributed by atoms with Crippen molar-refractivity contribution < 1.29 is 9.53 Å². The molecule has 1 fully saturated rings. The SMILES string of the molecule is CC(C)(C)OC=O.Clc1ccnc(C2CCNCC2)c1. The molecule has 0 radical (unpaired) electrons. The van der Waals surface area contributed by atoms with E-state index in [0.29, 0.717) is 12.4 Å². The minimum atomic E-state index is -0.318. The Hall–Kier alpha value is -1.13. The van der Waals surface area contributed by atoms with Crippen molar-refractivity contribution in [2.75, 3.05) is 13.1 Å². The lowest BCUT2D eigenvalue weighted by molar-refractivity contribution is -0.138. The largest absolute Gasteiger partial charge is 0.462 e. The normalized spacial score (nSPS) is 16.0. The number of hydrogen-bond donors (Lipinski definition) is 1. The average molecular weight is 299 g/mol. The third-order valence-electron chi connectivity index (χ3n) is 2.90. The van der Waals surface area contributed by atoms with Crippen LogP contribution in [-0.2, 0) is 9.53 Å². The maximum Gasteiger partial charge on any atom is 0.293 e. The first-order chi connectivity index (χ1) is 9.42. The molecule has 0 aliphatic carbocycles. The fourth-order valence-corrected chi connectivity index (χ4v) is 2.07. The second-order valence-electron chi connectivity index (χ2n) is 5.75. The van der Waals surface area contributed by atoms with Crippen molar-refractivity contribution in [1.82, 2.24) is 10.3 Å². The van der Waals surface area contributed by atoms with Crippen LogP contribution in [0.5, 0.6) is 0 Å². The summed E-state index contributed by atoms with van der Waals surface area (Å²) in [6, 6.07) is 3.81. The number of pyridine rings is 1. The molecule has 1 aromatic rings. The fraction of sp³-hybridized carbons (Fsp3) is 0.600. The van der Waals surface area contributed by atoms with Crippen molar-refractivity contribution in [2.45, 2.75) is 45.1 Å². The molecule has 0 saturated carbocycles. The van der Waals surface area contributed by atoms with Gasteiger partial charge in [-0.3, -0.25) is 9.78 Å². The average Bonchev–Trinajstić information content (AvgIpc) is 2.39. The van der Waals surface area contributed by atoms with Gasteiger partial charge in [0.1, 0.15) is 5.60 Å². The Balaban J connectivity index is 0.000000246. The van der Waals surface area contributed by atoms with Gasteiger partial charge in [-0.25, -0.2) is 0 Å². The maximum atomic E-state index is 9.60. The first-order valence-electron chi connectivity index (χ1n) is 6.86. The Morgan fingerprint density at radius 1 is 1.40 bits per heavy atom. The Morgan fingerprint density at radius 2 is 2.05 bits per heavy atom. The lowest BCUT2D eigenvalue weighted by atomic mass is 9.94. The van der Waals surface area contributed by atoms with E-state index in [1.807, 2.05) is 32.9 Å². The molecule has 20 heavy (non-hydrogen) atoms. The summed E-state index contributed by atoms with van der Waals surface area (Å²) in [7, 11) is 0. The first kappa shape index (κ1) is 16.9. The molecule has 0 amide bonds. The Bertz CT molecular complexity index is 413. The highest BCUT2D eigenvalue weighted by Gasteiger charge is 2.16. The van der Waals surface area contributed by atoms with E-state index in [9.17, 15) is 4.79 Å². The van der Waals surface area contributed by atoms with E-state index in [0.717, 1.165) is 23.8 Å². The Morgan fingerprint density at radius 3 is 2.50 bits per heavy atom. The second-order valence-corrected chi connectivity index (χ2v) is 6.19. The molecule has 1 aliphatic rings. The summed E-state index contributed by atoms with van der Waals surface area (Å²) in [5.41, 5.74) is 0.830. The summed E-state index contributed by atoms with van der Waals surface area (Å²) in [5.74, 6) is 0.597. The topological polar surface area (TPSA) is 51.2 Å². The molecule has 2 heterocycles. The summed E-state index contributed by atoms with van der Waals surface area (Å²) in [6.07, 6.45) is 4.14. The molecule has 2 rings (SSSR count). The first-order valence-corrected chi connectivity index (χ1v) is 7.24. The van der Waals surface area contributed by atoms with Gasteiger partial charge in [-0.2, -0.15) is 0 Å². The zero-order chi connectivity index (χ0) is 15.0. The third kappa shape index (κ3) is 6.87. The van der Waals surface area contributed by atoms with Crippen LogP contribution in [0, 0.1) is 0 Å². The van der Waals surface area contributed by atoms with Gasteiger partial charge in [0.2, 0.25) is 0 Å². The summed E-state index contributed by atoms with van der Waals surface area (Å²) in [4.78, 5) is 13.9. The molecular weight excluding hydrogens is 276 g/mol. The van der Waals surface area contributed by atoms with E-state index in [2.05, 4.69) is 15.0 Å². The standard InChI is InChI=1S/C10H13ClN2.C5H10O2/c11-9-3-6-13-10(7-9)8-1-4-12-5-2-8;1-5(2,3)7-4-6/h3,6-8,12H,1-2,4-5H2;4H,1-3H3. The molecule has 1 N–H and O–H groups in total. The molecule has 0 unspecified atom stereocenters. The molecule has 4 nitrogen and oxygen atoms in total. The van der Waals surface area contributed by atoms with Gasteiger partial charge in [0.05, 0.1) is 0 Å². The fourth-order valence-electron chi connectivity index (χ4n) is 1.91. The number of nitrogens with zero attached hydrogens (tertiary/aromatic N) is 1. The van der Waals surface area contributed by atoms with Crippen LogP contribution in [0.15, 0.2) is 18.3 Å². The van der Waals surface area contributed by atoms with E-state index in [-0.39, 0.29) is 5.60 Å². The smallest absolute Gasteiger partial charge is 0.293 e. The molecule has 0 spiro atoms.